The molecule has 8 aromatic carbocycles. The summed E-state index contributed by atoms with van der Waals surface area (Å²) < 4.78 is 7.48. The third-order valence-corrected chi connectivity index (χ3v) is 12.7. The van der Waals surface area contributed by atoms with Crippen LogP contribution in [0.15, 0.2) is 200 Å². The zero-order valence-electron chi connectivity index (χ0n) is 30.8. The van der Waals surface area contributed by atoms with E-state index < -0.39 is 0 Å². The minimum Gasteiger partial charge on any atom is -0.309 e. The van der Waals surface area contributed by atoms with Crippen molar-refractivity contribution in [3.63, 3.8) is 0 Å². The van der Waals surface area contributed by atoms with Gasteiger partial charge in [-0.15, -0.1) is 11.3 Å². The number of rotatable bonds is 5. The van der Waals surface area contributed by atoms with E-state index in [0.717, 1.165) is 44.9 Å². The second kappa shape index (κ2) is 12.6. The highest BCUT2D eigenvalue weighted by Gasteiger charge is 2.19. The molecule has 0 bridgehead atoms. The van der Waals surface area contributed by atoms with E-state index in [1.54, 1.807) is 0 Å². The second-order valence-electron chi connectivity index (χ2n) is 14.8. The molecular weight excluding hydrogens is 711 g/mol. The molecule has 4 heterocycles. The summed E-state index contributed by atoms with van der Waals surface area (Å²) in [5, 5.41) is 7.55. The van der Waals surface area contributed by atoms with Crippen LogP contribution in [0.5, 0.6) is 0 Å². The van der Waals surface area contributed by atoms with E-state index >= 15 is 0 Å². The molecule has 0 N–H and O–H groups in total. The van der Waals surface area contributed by atoms with Crippen LogP contribution in [-0.2, 0) is 0 Å². The van der Waals surface area contributed by atoms with Crippen molar-refractivity contribution >= 4 is 75.1 Å². The Bertz CT molecular complexity index is 3410. The summed E-state index contributed by atoms with van der Waals surface area (Å²) in [5.74, 6) is 0. The molecule has 0 spiro atoms. The van der Waals surface area contributed by atoms with E-state index in [0.29, 0.717) is 0 Å². The van der Waals surface area contributed by atoms with Gasteiger partial charge < -0.3 is 9.13 Å². The normalized spacial score (nSPS) is 11.9. The third-order valence-electron chi connectivity index (χ3n) is 11.5. The summed E-state index contributed by atoms with van der Waals surface area (Å²) in [5.41, 5.74) is 13.4. The molecule has 12 aromatic rings. The molecule has 0 atom stereocenters. The zero-order chi connectivity index (χ0) is 37.5. The highest BCUT2D eigenvalue weighted by Crippen LogP contribution is 2.41. The summed E-state index contributed by atoms with van der Waals surface area (Å²) >= 11 is 1.86. The molecule has 0 aliphatic heterocycles. The summed E-state index contributed by atoms with van der Waals surface area (Å²) in [6, 6.07) is 72.7. The van der Waals surface area contributed by atoms with Crippen LogP contribution in [0.4, 0.5) is 0 Å². The van der Waals surface area contributed by atoms with Crippen molar-refractivity contribution in [2.75, 3.05) is 0 Å². The smallest absolute Gasteiger partial charge is 0.0730 e. The minimum absolute atomic E-state index is 0.941. The molecule has 266 valence electrons. The lowest BCUT2D eigenvalue weighted by Crippen LogP contribution is -1.99. The number of benzene rings is 8. The first-order chi connectivity index (χ1) is 28.2. The average Bonchev–Trinajstić information content (AvgIpc) is 3.94. The maximum atomic E-state index is 5.23. The standard InChI is InChI=1S/C53H33N3S/c1-3-13-34(14-4-1)46-32-39(33-47(54-46)35-15-5-2-6-16-35)56-50-26-23-36(37-24-28-53-45(30-37)42-19-9-12-22-52(42)57-53)29-43(50)44-31-38(25-27-51(44)56)55-48-20-10-7-17-40(48)41-18-8-11-21-49(41)55/h1-33H. The number of para-hydroxylation sites is 2. The Morgan fingerprint density at radius 1 is 0.298 bits per heavy atom. The number of nitrogens with zero attached hydrogens (tertiary/aromatic N) is 3. The van der Waals surface area contributed by atoms with E-state index in [1.807, 2.05) is 11.3 Å². The lowest BCUT2D eigenvalue weighted by molar-refractivity contribution is 1.15. The predicted molar refractivity (Wildman–Crippen MR) is 242 cm³/mol. The molecule has 0 aliphatic rings. The minimum atomic E-state index is 0.941. The molecule has 0 radical (unpaired) electrons. The number of hydrogen-bond donors (Lipinski definition) is 0. The SMILES string of the molecule is c1ccc(-c2cc(-n3c4ccc(-c5ccc6sc7ccccc7c6c5)cc4c4cc(-n5c6ccccc6c6ccccc65)ccc43)cc(-c3ccccc3)n2)cc1. The van der Waals surface area contributed by atoms with Gasteiger partial charge in [-0.2, -0.15) is 0 Å². The van der Waals surface area contributed by atoms with E-state index in [4.69, 9.17) is 4.98 Å². The van der Waals surface area contributed by atoms with E-state index in [2.05, 4.69) is 209 Å². The van der Waals surface area contributed by atoms with Crippen LogP contribution in [0.2, 0.25) is 0 Å². The Kier molecular flexibility index (Phi) is 7.10. The quantitative estimate of drug-likeness (QED) is 0.172. The van der Waals surface area contributed by atoms with Gasteiger partial charge in [0.1, 0.15) is 0 Å². The number of pyridine rings is 1. The van der Waals surface area contributed by atoms with Gasteiger partial charge in [0.25, 0.3) is 0 Å². The van der Waals surface area contributed by atoms with Gasteiger partial charge in [0.05, 0.1) is 39.1 Å². The lowest BCUT2D eigenvalue weighted by atomic mass is 10.0. The molecule has 4 heteroatoms. The van der Waals surface area contributed by atoms with Crippen LogP contribution in [0.25, 0.3) is 109 Å². The Morgan fingerprint density at radius 3 is 1.44 bits per heavy atom. The summed E-state index contributed by atoms with van der Waals surface area (Å²) in [7, 11) is 0. The fourth-order valence-corrected chi connectivity index (χ4v) is 9.96. The van der Waals surface area contributed by atoms with Gasteiger partial charge >= 0.3 is 0 Å². The molecule has 0 aliphatic carbocycles. The van der Waals surface area contributed by atoms with Crippen LogP contribution in [0, 0.1) is 0 Å². The zero-order valence-corrected chi connectivity index (χ0v) is 31.6. The third kappa shape index (κ3) is 5.08. The largest absolute Gasteiger partial charge is 0.309 e. The van der Waals surface area contributed by atoms with Crippen molar-refractivity contribution in [3.8, 4) is 45.0 Å². The van der Waals surface area contributed by atoms with E-state index in [1.165, 1.54) is 63.9 Å². The van der Waals surface area contributed by atoms with Crippen LogP contribution < -0.4 is 0 Å². The lowest BCUT2D eigenvalue weighted by Gasteiger charge is -2.14. The maximum Gasteiger partial charge on any atom is 0.0730 e. The van der Waals surface area contributed by atoms with Gasteiger partial charge in [-0.3, -0.25) is 0 Å². The van der Waals surface area contributed by atoms with Crippen molar-refractivity contribution in [2.24, 2.45) is 0 Å². The molecule has 0 saturated heterocycles. The topological polar surface area (TPSA) is 22.8 Å². The molecule has 12 rings (SSSR count). The predicted octanol–water partition coefficient (Wildman–Crippen LogP) is 14.6. The van der Waals surface area contributed by atoms with Gasteiger partial charge in [-0.05, 0) is 83.9 Å². The van der Waals surface area contributed by atoms with Crippen LogP contribution in [0.1, 0.15) is 0 Å². The number of fused-ring (bicyclic) bond motifs is 9. The molecule has 57 heavy (non-hydrogen) atoms. The summed E-state index contributed by atoms with van der Waals surface area (Å²) in [4.78, 5) is 5.23. The van der Waals surface area contributed by atoms with Crippen LogP contribution in [-0.4, -0.2) is 14.1 Å². The van der Waals surface area contributed by atoms with Crippen molar-refractivity contribution in [1.29, 1.82) is 0 Å². The van der Waals surface area contributed by atoms with Gasteiger partial charge in [-0.1, -0.05) is 127 Å². The van der Waals surface area contributed by atoms with Crippen molar-refractivity contribution in [3.05, 3.63) is 200 Å². The summed E-state index contributed by atoms with van der Waals surface area (Å²) in [6.07, 6.45) is 0. The molecular formula is C53H33N3S. The highest BCUT2D eigenvalue weighted by atomic mass is 32.1. The fourth-order valence-electron chi connectivity index (χ4n) is 8.87. The van der Waals surface area contributed by atoms with Crippen molar-refractivity contribution in [2.45, 2.75) is 0 Å². The Labute approximate surface area is 333 Å². The van der Waals surface area contributed by atoms with Gasteiger partial charge in [0.2, 0.25) is 0 Å². The Balaban J connectivity index is 1.14. The second-order valence-corrected chi connectivity index (χ2v) is 15.9. The van der Waals surface area contributed by atoms with Gasteiger partial charge in [0.15, 0.2) is 0 Å². The first-order valence-corrected chi connectivity index (χ1v) is 20.2. The van der Waals surface area contributed by atoms with E-state index in [9.17, 15) is 0 Å². The molecule has 0 fully saturated rings. The molecule has 4 aromatic heterocycles. The number of aromatic nitrogens is 3. The average molecular weight is 744 g/mol. The Morgan fingerprint density at radius 2 is 0.772 bits per heavy atom. The maximum absolute atomic E-state index is 5.23. The molecule has 0 amide bonds. The van der Waals surface area contributed by atoms with Crippen molar-refractivity contribution < 1.29 is 0 Å². The first-order valence-electron chi connectivity index (χ1n) is 19.4. The van der Waals surface area contributed by atoms with Crippen LogP contribution in [0.3, 0.4) is 0 Å². The van der Waals surface area contributed by atoms with Crippen LogP contribution >= 0.6 is 11.3 Å². The number of thiophene rings is 1. The molecule has 0 unspecified atom stereocenters. The fraction of sp³-hybridized carbons (Fsp3) is 0. The molecule has 3 nitrogen and oxygen atoms in total. The highest BCUT2D eigenvalue weighted by molar-refractivity contribution is 7.25. The monoisotopic (exact) mass is 743 g/mol. The van der Waals surface area contributed by atoms with Crippen molar-refractivity contribution in [1.82, 2.24) is 14.1 Å². The van der Waals surface area contributed by atoms with Gasteiger partial charge in [-0.25, -0.2) is 4.98 Å². The number of hydrogen-bond acceptors (Lipinski definition) is 2. The van der Waals surface area contributed by atoms with Gasteiger partial charge in [0, 0.05) is 58.5 Å². The molecule has 0 saturated carbocycles. The summed E-state index contributed by atoms with van der Waals surface area (Å²) in [6.45, 7) is 0. The first kappa shape index (κ1) is 32.0. The Hall–Kier alpha value is -7.27. The van der Waals surface area contributed by atoms with E-state index in [-0.39, 0.29) is 0 Å².